The van der Waals surface area contributed by atoms with Crippen LogP contribution in [0.25, 0.3) is 0 Å². The van der Waals surface area contributed by atoms with Crippen molar-refractivity contribution in [2.75, 3.05) is 47.8 Å². The van der Waals surface area contributed by atoms with Crippen molar-refractivity contribution in [3.63, 3.8) is 0 Å². The number of rotatable bonds is 7. The molecule has 0 bridgehead atoms. The van der Waals surface area contributed by atoms with Gasteiger partial charge in [0.25, 0.3) is 0 Å². The van der Waals surface area contributed by atoms with Crippen LogP contribution >= 0.6 is 0 Å². The molecule has 1 aliphatic carbocycles. The fourth-order valence-electron chi connectivity index (χ4n) is 3.36. The second-order valence-corrected chi connectivity index (χ2v) is 8.48. The van der Waals surface area contributed by atoms with E-state index in [1.807, 2.05) is 0 Å². The van der Waals surface area contributed by atoms with Gasteiger partial charge in [0.15, 0.2) is 6.54 Å². The van der Waals surface area contributed by atoms with Gasteiger partial charge in [0.1, 0.15) is 6.10 Å². The van der Waals surface area contributed by atoms with Crippen LogP contribution in [0.1, 0.15) is 40.0 Å². The first-order valence-corrected chi connectivity index (χ1v) is 8.77. The number of esters is 1. The van der Waals surface area contributed by atoms with Gasteiger partial charge in [-0.2, -0.15) is 0 Å². The zero-order chi connectivity index (χ0) is 16.9. The van der Waals surface area contributed by atoms with Crippen molar-refractivity contribution in [3.8, 4) is 0 Å². The maximum atomic E-state index is 12.4. The summed E-state index contributed by atoms with van der Waals surface area (Å²) in [6.45, 7) is 9.17. The van der Waals surface area contributed by atoms with Crippen molar-refractivity contribution in [3.05, 3.63) is 0 Å². The summed E-state index contributed by atoms with van der Waals surface area (Å²) in [5.74, 6) is 1.75. The summed E-state index contributed by atoms with van der Waals surface area (Å²) in [4.78, 5) is 14.6. The molecular formula is C18H37N2O2+. The molecule has 0 aromatic rings. The van der Waals surface area contributed by atoms with E-state index in [1.54, 1.807) is 0 Å². The van der Waals surface area contributed by atoms with E-state index in [9.17, 15) is 4.79 Å². The predicted octanol–water partition coefficient (Wildman–Crippen LogP) is 2.63. The number of quaternary nitrogens is 1. The van der Waals surface area contributed by atoms with Gasteiger partial charge in [-0.3, -0.25) is 0 Å². The Labute approximate surface area is 137 Å². The minimum Gasteiger partial charge on any atom is -0.458 e. The zero-order valence-corrected chi connectivity index (χ0v) is 15.8. The third kappa shape index (κ3) is 6.66. The van der Waals surface area contributed by atoms with Crippen molar-refractivity contribution in [2.45, 2.75) is 46.1 Å². The molecule has 1 fully saturated rings. The normalized spacial score (nSPS) is 26.5. The van der Waals surface area contributed by atoms with Gasteiger partial charge < -0.3 is 14.1 Å². The SMILES string of the molecule is CC1CCC(C(C)C)C(OC(=O)C[N+](C)(C)CCN(C)C)C1. The molecule has 1 rings (SSSR count). The molecule has 0 radical (unpaired) electrons. The van der Waals surface area contributed by atoms with E-state index in [0.29, 0.717) is 28.8 Å². The van der Waals surface area contributed by atoms with Crippen LogP contribution in [0.4, 0.5) is 0 Å². The molecule has 0 heterocycles. The second kappa shape index (κ2) is 8.30. The number of hydrogen-bond donors (Lipinski definition) is 0. The fourth-order valence-corrected chi connectivity index (χ4v) is 3.36. The summed E-state index contributed by atoms with van der Waals surface area (Å²) < 4.78 is 6.60. The van der Waals surface area contributed by atoms with Gasteiger partial charge in [0.2, 0.25) is 0 Å². The van der Waals surface area contributed by atoms with E-state index in [4.69, 9.17) is 4.74 Å². The van der Waals surface area contributed by atoms with Crippen LogP contribution in [-0.2, 0) is 9.53 Å². The standard InChI is InChI=1S/C18H37N2O2/c1-14(2)16-9-8-15(3)12-17(16)22-18(21)13-20(6,7)11-10-19(4)5/h14-17H,8-13H2,1-7H3/q+1. The van der Waals surface area contributed by atoms with E-state index in [0.717, 1.165) is 19.5 Å². The van der Waals surface area contributed by atoms with E-state index >= 15 is 0 Å². The van der Waals surface area contributed by atoms with Crippen LogP contribution in [0.5, 0.6) is 0 Å². The van der Waals surface area contributed by atoms with Crippen LogP contribution < -0.4 is 0 Å². The largest absolute Gasteiger partial charge is 0.458 e. The highest BCUT2D eigenvalue weighted by atomic mass is 16.5. The molecule has 0 aromatic heterocycles. The van der Waals surface area contributed by atoms with Gasteiger partial charge >= 0.3 is 5.97 Å². The Kier molecular flexibility index (Phi) is 7.33. The van der Waals surface area contributed by atoms with Gasteiger partial charge in [0, 0.05) is 6.54 Å². The third-order valence-electron chi connectivity index (χ3n) is 4.95. The number of ether oxygens (including phenoxy) is 1. The van der Waals surface area contributed by atoms with E-state index in [-0.39, 0.29) is 12.1 Å². The summed E-state index contributed by atoms with van der Waals surface area (Å²) in [5.41, 5.74) is 0. The summed E-state index contributed by atoms with van der Waals surface area (Å²) in [7, 11) is 8.34. The number of carbonyl (C=O) groups excluding carboxylic acids is 1. The molecule has 22 heavy (non-hydrogen) atoms. The van der Waals surface area contributed by atoms with Crippen LogP contribution in [0.3, 0.4) is 0 Å². The number of nitrogens with zero attached hydrogens (tertiary/aromatic N) is 2. The molecule has 3 unspecified atom stereocenters. The molecule has 3 atom stereocenters. The number of carbonyl (C=O) groups is 1. The molecule has 0 spiro atoms. The summed E-state index contributed by atoms with van der Waals surface area (Å²) in [6.07, 6.45) is 3.60. The highest BCUT2D eigenvalue weighted by Gasteiger charge is 2.34. The monoisotopic (exact) mass is 313 g/mol. The first-order valence-electron chi connectivity index (χ1n) is 8.77. The molecule has 130 valence electrons. The zero-order valence-electron chi connectivity index (χ0n) is 15.8. The fraction of sp³-hybridized carbons (Fsp3) is 0.944. The van der Waals surface area contributed by atoms with Crippen LogP contribution in [0.2, 0.25) is 0 Å². The molecule has 4 nitrogen and oxygen atoms in total. The van der Waals surface area contributed by atoms with Gasteiger partial charge in [0.05, 0.1) is 20.6 Å². The minimum absolute atomic E-state index is 0.0338. The third-order valence-corrected chi connectivity index (χ3v) is 4.95. The van der Waals surface area contributed by atoms with Gasteiger partial charge in [-0.1, -0.05) is 27.2 Å². The average Bonchev–Trinajstić information content (AvgIpc) is 2.35. The lowest BCUT2D eigenvalue weighted by Crippen LogP contribution is -2.49. The predicted molar refractivity (Wildman–Crippen MR) is 91.6 cm³/mol. The molecule has 4 heteroatoms. The summed E-state index contributed by atoms with van der Waals surface area (Å²) >= 11 is 0. The average molecular weight is 314 g/mol. The second-order valence-electron chi connectivity index (χ2n) is 8.48. The maximum absolute atomic E-state index is 12.4. The highest BCUT2D eigenvalue weighted by Crippen LogP contribution is 2.35. The van der Waals surface area contributed by atoms with E-state index in [1.165, 1.54) is 12.8 Å². The van der Waals surface area contributed by atoms with Gasteiger partial charge in [-0.15, -0.1) is 0 Å². The van der Waals surface area contributed by atoms with Gasteiger partial charge in [-0.25, -0.2) is 4.79 Å². The smallest absolute Gasteiger partial charge is 0.362 e. The highest BCUT2D eigenvalue weighted by molar-refractivity contribution is 5.70. The quantitative estimate of drug-likeness (QED) is 0.534. The Morgan fingerprint density at radius 1 is 1.27 bits per heavy atom. The van der Waals surface area contributed by atoms with Gasteiger partial charge in [-0.05, 0) is 44.7 Å². The van der Waals surface area contributed by atoms with Crippen molar-refractivity contribution >= 4 is 5.97 Å². The lowest BCUT2D eigenvalue weighted by atomic mass is 9.75. The number of likely N-dealkylation sites (N-methyl/N-ethyl adjacent to an activating group) is 2. The van der Waals surface area contributed by atoms with E-state index in [2.05, 4.69) is 53.9 Å². The van der Waals surface area contributed by atoms with Crippen LogP contribution in [-0.4, -0.2) is 69.3 Å². The molecule has 0 N–H and O–H groups in total. The Bertz CT molecular complexity index is 353. The Balaban J connectivity index is 2.54. The van der Waals surface area contributed by atoms with Crippen molar-refractivity contribution in [1.29, 1.82) is 0 Å². The topological polar surface area (TPSA) is 29.5 Å². The molecule has 1 saturated carbocycles. The minimum atomic E-state index is -0.0338. The van der Waals surface area contributed by atoms with Crippen molar-refractivity contribution in [2.24, 2.45) is 17.8 Å². The maximum Gasteiger partial charge on any atom is 0.362 e. The molecule has 0 saturated heterocycles. The Hall–Kier alpha value is -0.610. The van der Waals surface area contributed by atoms with Crippen molar-refractivity contribution < 1.29 is 14.0 Å². The molecular weight excluding hydrogens is 276 g/mol. The lowest BCUT2D eigenvalue weighted by molar-refractivity contribution is -0.882. The first-order chi connectivity index (χ1) is 10.1. The molecule has 0 aliphatic heterocycles. The molecule has 1 aliphatic rings. The Morgan fingerprint density at radius 2 is 1.91 bits per heavy atom. The summed E-state index contributed by atoms with van der Waals surface area (Å²) in [6, 6.07) is 0. The molecule has 0 amide bonds. The first kappa shape index (κ1) is 19.4. The van der Waals surface area contributed by atoms with Crippen LogP contribution in [0.15, 0.2) is 0 Å². The molecule has 0 aromatic carbocycles. The van der Waals surface area contributed by atoms with E-state index < -0.39 is 0 Å². The number of hydrogen-bond acceptors (Lipinski definition) is 3. The Morgan fingerprint density at radius 3 is 2.45 bits per heavy atom. The van der Waals surface area contributed by atoms with Crippen molar-refractivity contribution in [1.82, 2.24) is 4.90 Å². The lowest BCUT2D eigenvalue weighted by Gasteiger charge is -2.37. The van der Waals surface area contributed by atoms with Crippen LogP contribution in [0, 0.1) is 17.8 Å². The summed E-state index contributed by atoms with van der Waals surface area (Å²) in [5, 5.41) is 0.